The van der Waals surface area contributed by atoms with Crippen LogP contribution in [-0.2, 0) is 4.74 Å². The molecule has 0 aromatic heterocycles. The maximum absolute atomic E-state index is 11.2. The summed E-state index contributed by atoms with van der Waals surface area (Å²) in [7, 11) is 2.82. The van der Waals surface area contributed by atoms with E-state index in [1.165, 1.54) is 24.2 Å². The molecule has 0 unspecified atom stereocenters. The van der Waals surface area contributed by atoms with Crippen molar-refractivity contribution in [2.45, 2.75) is 6.42 Å². The van der Waals surface area contributed by atoms with Gasteiger partial charge in [-0.05, 0) is 6.42 Å². The quantitative estimate of drug-likeness (QED) is 0.581. The lowest BCUT2D eigenvalue weighted by molar-refractivity contribution is 0.0471. The molecular weight excluding hydrogens is 174 g/mol. The zero-order chi connectivity index (χ0) is 9.84. The van der Waals surface area contributed by atoms with E-state index in [1.807, 2.05) is 0 Å². The summed E-state index contributed by atoms with van der Waals surface area (Å²) in [5, 5.41) is 5.08. The van der Waals surface area contributed by atoms with E-state index >= 15 is 0 Å². The summed E-state index contributed by atoms with van der Waals surface area (Å²) in [6.45, 7) is 1.08. The minimum atomic E-state index is -0.499. The largest absolute Gasteiger partial charge is 0.452 e. The highest BCUT2D eigenvalue weighted by Gasteiger charge is 2.30. The van der Waals surface area contributed by atoms with Crippen molar-refractivity contribution in [3.63, 3.8) is 0 Å². The summed E-state index contributed by atoms with van der Waals surface area (Å²) in [6, 6.07) is -0.289. The molecule has 0 spiro atoms. The summed E-state index contributed by atoms with van der Waals surface area (Å²) in [4.78, 5) is 22.3. The third-order valence-electron chi connectivity index (χ3n) is 1.86. The van der Waals surface area contributed by atoms with Gasteiger partial charge in [0.25, 0.3) is 0 Å². The molecule has 1 saturated heterocycles. The molecule has 0 aliphatic carbocycles. The van der Waals surface area contributed by atoms with Crippen LogP contribution in [0.2, 0.25) is 0 Å². The van der Waals surface area contributed by atoms with Crippen LogP contribution in [0.1, 0.15) is 6.42 Å². The van der Waals surface area contributed by atoms with E-state index in [0.29, 0.717) is 13.1 Å². The molecule has 74 valence electrons. The maximum Gasteiger partial charge on any atom is 0.428 e. The molecule has 0 bridgehead atoms. The zero-order valence-corrected chi connectivity index (χ0v) is 7.74. The zero-order valence-electron chi connectivity index (χ0n) is 7.74. The van der Waals surface area contributed by atoms with Crippen LogP contribution in [0.5, 0.6) is 0 Å². The van der Waals surface area contributed by atoms with Crippen LogP contribution in [0.4, 0.5) is 9.59 Å². The Hall–Kier alpha value is -1.46. The predicted molar refractivity (Wildman–Crippen MR) is 44.9 cm³/mol. The summed E-state index contributed by atoms with van der Waals surface area (Å²) in [6.07, 6.45) is 0.281. The van der Waals surface area contributed by atoms with Gasteiger partial charge in [-0.25, -0.2) is 19.6 Å². The molecule has 0 aromatic rings. The highest BCUT2D eigenvalue weighted by atomic mass is 16.5. The minimum Gasteiger partial charge on any atom is -0.452 e. The fourth-order valence-electron chi connectivity index (χ4n) is 1.25. The first-order chi connectivity index (χ1) is 6.20. The van der Waals surface area contributed by atoms with E-state index in [0.717, 1.165) is 6.42 Å². The number of carbonyl (C=O) groups excluding carboxylic acids is 2. The molecule has 6 heteroatoms. The number of nitrogens with one attached hydrogen (secondary N) is 1. The van der Waals surface area contributed by atoms with Gasteiger partial charge in [0.1, 0.15) is 0 Å². The van der Waals surface area contributed by atoms with Crippen molar-refractivity contribution >= 4 is 12.1 Å². The summed E-state index contributed by atoms with van der Waals surface area (Å²) in [5.41, 5.74) is 0. The number of carbonyl (C=O) groups is 2. The molecule has 0 aromatic carbocycles. The van der Waals surface area contributed by atoms with Crippen LogP contribution < -0.4 is 5.32 Å². The Labute approximate surface area is 76.4 Å². The Morgan fingerprint density at radius 2 is 1.92 bits per heavy atom. The Morgan fingerprint density at radius 1 is 1.31 bits per heavy atom. The molecule has 1 heterocycles. The van der Waals surface area contributed by atoms with E-state index in [4.69, 9.17) is 0 Å². The molecule has 1 fully saturated rings. The van der Waals surface area contributed by atoms with Gasteiger partial charge in [0.05, 0.1) is 7.11 Å². The highest BCUT2D eigenvalue weighted by Crippen LogP contribution is 2.11. The standard InChI is InChI=1S/C7H13N3O3/c1-8-6(11)9-4-3-5-10(9)7(12)13-2/h3-5H2,1-2H3,(H,8,11). The second-order valence-corrected chi connectivity index (χ2v) is 2.63. The van der Waals surface area contributed by atoms with Crippen LogP contribution in [-0.4, -0.2) is 49.4 Å². The SMILES string of the molecule is CNC(=O)N1CCCN1C(=O)OC. The summed E-state index contributed by atoms with van der Waals surface area (Å²) >= 11 is 0. The van der Waals surface area contributed by atoms with Crippen LogP contribution in [0.25, 0.3) is 0 Å². The van der Waals surface area contributed by atoms with E-state index in [9.17, 15) is 9.59 Å². The first-order valence-corrected chi connectivity index (χ1v) is 4.05. The molecule has 1 aliphatic heterocycles. The number of nitrogens with zero attached hydrogens (tertiary/aromatic N) is 2. The van der Waals surface area contributed by atoms with Crippen LogP contribution in [0.15, 0.2) is 0 Å². The van der Waals surface area contributed by atoms with Gasteiger partial charge < -0.3 is 10.1 Å². The number of ether oxygens (including phenoxy) is 1. The number of hydrazine groups is 1. The van der Waals surface area contributed by atoms with Crippen LogP contribution >= 0.6 is 0 Å². The number of amides is 3. The average Bonchev–Trinajstić information content (AvgIpc) is 2.63. The number of rotatable bonds is 0. The molecule has 13 heavy (non-hydrogen) atoms. The Bertz CT molecular complexity index is 197. The number of methoxy groups -OCH3 is 1. The van der Waals surface area contributed by atoms with Gasteiger partial charge in [-0.2, -0.15) is 0 Å². The van der Waals surface area contributed by atoms with Crippen molar-refractivity contribution in [2.24, 2.45) is 0 Å². The van der Waals surface area contributed by atoms with Crippen LogP contribution in [0.3, 0.4) is 0 Å². The lowest BCUT2D eigenvalue weighted by Crippen LogP contribution is -2.48. The summed E-state index contributed by atoms with van der Waals surface area (Å²) in [5.74, 6) is 0. The lowest BCUT2D eigenvalue weighted by Gasteiger charge is -2.25. The normalized spacial score (nSPS) is 15.8. The minimum absolute atomic E-state index is 0.289. The topological polar surface area (TPSA) is 61.9 Å². The van der Waals surface area contributed by atoms with Gasteiger partial charge in [0.2, 0.25) is 0 Å². The van der Waals surface area contributed by atoms with Gasteiger partial charge in [-0.15, -0.1) is 0 Å². The Morgan fingerprint density at radius 3 is 2.46 bits per heavy atom. The van der Waals surface area contributed by atoms with Crippen molar-refractivity contribution in [3.05, 3.63) is 0 Å². The molecular formula is C7H13N3O3. The second kappa shape index (κ2) is 3.97. The van der Waals surface area contributed by atoms with E-state index in [2.05, 4.69) is 10.1 Å². The molecule has 1 rings (SSSR count). The molecule has 6 nitrogen and oxygen atoms in total. The predicted octanol–water partition coefficient (Wildman–Crippen LogP) is 0.0149. The second-order valence-electron chi connectivity index (χ2n) is 2.63. The van der Waals surface area contributed by atoms with E-state index in [-0.39, 0.29) is 6.03 Å². The fraction of sp³-hybridized carbons (Fsp3) is 0.714. The number of hydrogen-bond donors (Lipinski definition) is 1. The Kier molecular flexibility index (Phi) is 2.94. The van der Waals surface area contributed by atoms with Crippen LogP contribution in [0, 0.1) is 0 Å². The third kappa shape index (κ3) is 1.82. The van der Waals surface area contributed by atoms with Crippen molar-refractivity contribution in [1.29, 1.82) is 0 Å². The molecule has 3 amide bonds. The fourth-order valence-corrected chi connectivity index (χ4v) is 1.25. The first kappa shape index (κ1) is 9.63. The molecule has 0 atom stereocenters. The average molecular weight is 187 g/mol. The van der Waals surface area contributed by atoms with Gasteiger partial charge in [0.15, 0.2) is 0 Å². The molecule has 0 radical (unpaired) electrons. The molecule has 1 aliphatic rings. The molecule has 0 saturated carbocycles. The van der Waals surface area contributed by atoms with Crippen molar-refractivity contribution in [2.75, 3.05) is 27.2 Å². The Balaban J connectivity index is 2.63. The highest BCUT2D eigenvalue weighted by molar-refractivity contribution is 5.78. The lowest BCUT2D eigenvalue weighted by atomic mass is 10.5. The number of hydrogen-bond acceptors (Lipinski definition) is 3. The monoisotopic (exact) mass is 187 g/mol. The van der Waals surface area contributed by atoms with Gasteiger partial charge in [-0.1, -0.05) is 0 Å². The van der Waals surface area contributed by atoms with Gasteiger partial charge >= 0.3 is 12.1 Å². The van der Waals surface area contributed by atoms with Gasteiger partial charge in [0, 0.05) is 20.1 Å². The first-order valence-electron chi connectivity index (χ1n) is 4.05. The van der Waals surface area contributed by atoms with Crippen molar-refractivity contribution < 1.29 is 14.3 Å². The molecule has 1 N–H and O–H groups in total. The van der Waals surface area contributed by atoms with E-state index < -0.39 is 6.09 Å². The maximum atomic E-state index is 11.2. The van der Waals surface area contributed by atoms with E-state index in [1.54, 1.807) is 0 Å². The summed E-state index contributed by atoms with van der Waals surface area (Å²) < 4.78 is 4.52. The third-order valence-corrected chi connectivity index (χ3v) is 1.86. The van der Waals surface area contributed by atoms with Crippen molar-refractivity contribution in [1.82, 2.24) is 15.3 Å². The number of urea groups is 1. The van der Waals surface area contributed by atoms with Crippen molar-refractivity contribution in [3.8, 4) is 0 Å². The smallest absolute Gasteiger partial charge is 0.428 e. The van der Waals surface area contributed by atoms with Gasteiger partial charge in [-0.3, -0.25) is 0 Å².